The molecule has 2 saturated carbocycles. The third-order valence-corrected chi connectivity index (χ3v) is 7.02. The monoisotopic (exact) mass is 435 g/mol. The summed E-state index contributed by atoms with van der Waals surface area (Å²) in [6.07, 6.45) is 1.93. The van der Waals surface area contributed by atoms with Gasteiger partial charge in [-0.1, -0.05) is 0 Å². The van der Waals surface area contributed by atoms with Crippen molar-refractivity contribution in [2.24, 2.45) is 17.8 Å². The fourth-order valence-electron chi connectivity index (χ4n) is 5.03. The lowest BCUT2D eigenvalue weighted by molar-refractivity contribution is -0.274. The third-order valence-electron chi connectivity index (χ3n) is 7.02. The molecule has 0 unspecified atom stereocenters. The number of halogens is 3. The van der Waals surface area contributed by atoms with Gasteiger partial charge in [0, 0.05) is 43.5 Å². The van der Waals surface area contributed by atoms with E-state index in [-0.39, 0.29) is 5.82 Å². The van der Waals surface area contributed by atoms with Crippen LogP contribution in [0.3, 0.4) is 0 Å². The molecule has 0 aromatic carbocycles. The number of fused-ring (bicyclic) bond motifs is 1. The Morgan fingerprint density at radius 3 is 2.55 bits per heavy atom. The number of pyridine rings is 1. The molecule has 4 fully saturated rings. The topological polar surface area (TPSA) is 78.4 Å². The molecule has 2 N–H and O–H groups in total. The lowest BCUT2D eigenvalue weighted by atomic mass is 10.2. The van der Waals surface area contributed by atoms with Crippen molar-refractivity contribution < 1.29 is 22.6 Å². The van der Waals surface area contributed by atoms with Crippen molar-refractivity contribution in [3.05, 3.63) is 24.3 Å². The molecule has 0 radical (unpaired) electrons. The molecule has 2 aliphatic heterocycles. The van der Waals surface area contributed by atoms with E-state index >= 15 is 0 Å². The summed E-state index contributed by atoms with van der Waals surface area (Å²) in [5, 5.41) is 0. The second-order valence-corrected chi connectivity index (χ2v) is 9.22. The number of nitrogens with zero attached hydrogens (tertiary/aromatic N) is 4. The Morgan fingerprint density at radius 1 is 1.19 bits per heavy atom. The first-order valence-electron chi connectivity index (χ1n) is 10.8. The highest BCUT2D eigenvalue weighted by Gasteiger charge is 2.58. The number of rotatable bonds is 6. The van der Waals surface area contributed by atoms with Gasteiger partial charge in [0.1, 0.15) is 5.82 Å². The van der Waals surface area contributed by atoms with E-state index in [1.807, 2.05) is 6.20 Å². The van der Waals surface area contributed by atoms with E-state index in [1.165, 1.54) is 25.1 Å². The van der Waals surface area contributed by atoms with Crippen molar-refractivity contribution >= 4 is 5.82 Å². The highest BCUT2D eigenvalue weighted by atomic mass is 19.4. The van der Waals surface area contributed by atoms with Crippen LogP contribution in [-0.2, 0) is 11.2 Å². The molecule has 31 heavy (non-hydrogen) atoms. The molecule has 0 bridgehead atoms. The highest BCUT2D eigenvalue weighted by Crippen LogP contribution is 2.56. The number of hydrogen-bond acceptors (Lipinski definition) is 6. The molecule has 4 heterocycles. The summed E-state index contributed by atoms with van der Waals surface area (Å²) < 4.78 is 49.7. The molecular formula is C21H24F3N5O2. The van der Waals surface area contributed by atoms with Crippen LogP contribution in [0.2, 0.25) is 0 Å². The quantitative estimate of drug-likeness (QED) is 0.752. The van der Waals surface area contributed by atoms with Crippen molar-refractivity contribution in [2.45, 2.75) is 37.7 Å². The van der Waals surface area contributed by atoms with E-state index in [2.05, 4.69) is 19.2 Å². The summed E-state index contributed by atoms with van der Waals surface area (Å²) >= 11 is 0. The summed E-state index contributed by atoms with van der Waals surface area (Å²) in [7, 11) is 0. The van der Waals surface area contributed by atoms with Gasteiger partial charge in [-0.25, -0.2) is 9.97 Å². The number of ether oxygens (including phenoxy) is 2. The van der Waals surface area contributed by atoms with E-state index in [0.29, 0.717) is 41.1 Å². The minimum Gasteiger partial charge on any atom is -0.402 e. The Kier molecular flexibility index (Phi) is 4.27. The van der Waals surface area contributed by atoms with Crippen LogP contribution in [0.4, 0.5) is 19.0 Å². The van der Waals surface area contributed by atoms with Gasteiger partial charge in [0.15, 0.2) is 11.6 Å². The standard InChI is InChI=1S/C21H24F3N5O2/c22-21(23,24)31-17-4-12(5-26-20(17)25)16-8-29(18(27-16)3-11-1-2-11)19-14-6-28(7-15(14)19)13-9-30-10-13/h4-5,8,11,13-15,19H,1-3,6-7,9-10H2,(H2,25,26)/t14-,15+,19-. The molecule has 0 amide bonds. The van der Waals surface area contributed by atoms with Crippen LogP contribution in [0.15, 0.2) is 18.5 Å². The Hall–Kier alpha value is -2.33. The number of hydrogen-bond donors (Lipinski definition) is 1. The number of aromatic nitrogens is 3. The van der Waals surface area contributed by atoms with Gasteiger partial charge in [0.05, 0.1) is 24.9 Å². The number of alkyl halides is 3. The van der Waals surface area contributed by atoms with Gasteiger partial charge < -0.3 is 19.8 Å². The molecule has 2 saturated heterocycles. The second kappa shape index (κ2) is 6.83. The molecule has 3 atom stereocenters. The molecule has 4 aliphatic rings. The van der Waals surface area contributed by atoms with E-state index in [1.54, 1.807) is 0 Å². The van der Waals surface area contributed by atoms with Crippen molar-refractivity contribution in [3.63, 3.8) is 0 Å². The van der Waals surface area contributed by atoms with Gasteiger partial charge in [0.2, 0.25) is 0 Å². The SMILES string of the molecule is Nc1ncc(-c2cn([C@@H]3[C@@H]4CN(C5COC5)C[C@@H]43)c(CC3CC3)n2)cc1OC(F)(F)F. The average Bonchev–Trinajstić information content (AvgIpc) is 3.50. The summed E-state index contributed by atoms with van der Waals surface area (Å²) in [6.45, 7) is 3.82. The largest absolute Gasteiger partial charge is 0.573 e. The summed E-state index contributed by atoms with van der Waals surface area (Å²) in [6, 6.07) is 2.25. The molecule has 6 rings (SSSR count). The minimum absolute atomic E-state index is 0.296. The van der Waals surface area contributed by atoms with Gasteiger partial charge in [-0.2, -0.15) is 0 Å². The van der Waals surface area contributed by atoms with Crippen LogP contribution in [-0.4, -0.2) is 58.1 Å². The molecule has 166 valence electrons. The number of anilines is 1. The highest BCUT2D eigenvalue weighted by molar-refractivity contribution is 5.64. The average molecular weight is 435 g/mol. The van der Waals surface area contributed by atoms with Crippen LogP contribution in [0.1, 0.15) is 24.7 Å². The smallest absolute Gasteiger partial charge is 0.402 e. The van der Waals surface area contributed by atoms with Crippen molar-refractivity contribution in [1.82, 2.24) is 19.4 Å². The van der Waals surface area contributed by atoms with E-state index in [4.69, 9.17) is 15.5 Å². The van der Waals surface area contributed by atoms with Crippen LogP contribution in [0, 0.1) is 17.8 Å². The second-order valence-electron chi connectivity index (χ2n) is 9.22. The van der Waals surface area contributed by atoms with Gasteiger partial charge in [-0.3, -0.25) is 4.90 Å². The number of nitrogen functional groups attached to an aromatic ring is 1. The van der Waals surface area contributed by atoms with Gasteiger partial charge in [-0.15, -0.1) is 13.2 Å². The maximum Gasteiger partial charge on any atom is 0.573 e. The number of likely N-dealkylation sites (tertiary alicyclic amines) is 1. The normalized spacial score (nSPS) is 28.4. The Morgan fingerprint density at radius 2 is 1.94 bits per heavy atom. The zero-order valence-electron chi connectivity index (χ0n) is 16.9. The maximum absolute atomic E-state index is 12.7. The van der Waals surface area contributed by atoms with E-state index in [0.717, 1.165) is 38.5 Å². The predicted octanol–water partition coefficient (Wildman–Crippen LogP) is 2.88. The lowest BCUT2D eigenvalue weighted by Gasteiger charge is -2.36. The summed E-state index contributed by atoms with van der Waals surface area (Å²) in [5.41, 5.74) is 6.67. The van der Waals surface area contributed by atoms with Crippen LogP contribution in [0.5, 0.6) is 5.75 Å². The summed E-state index contributed by atoms with van der Waals surface area (Å²) in [4.78, 5) is 11.2. The fourth-order valence-corrected chi connectivity index (χ4v) is 5.03. The Bertz CT molecular complexity index is 989. The van der Waals surface area contributed by atoms with Crippen LogP contribution < -0.4 is 10.5 Å². The molecular weight excluding hydrogens is 411 g/mol. The zero-order valence-corrected chi connectivity index (χ0v) is 16.9. The predicted molar refractivity (Wildman–Crippen MR) is 105 cm³/mol. The van der Waals surface area contributed by atoms with Gasteiger partial charge in [0.25, 0.3) is 0 Å². The van der Waals surface area contributed by atoms with Crippen molar-refractivity contribution in [3.8, 4) is 17.0 Å². The summed E-state index contributed by atoms with van der Waals surface area (Å²) in [5.74, 6) is 2.10. The van der Waals surface area contributed by atoms with E-state index < -0.39 is 12.1 Å². The molecule has 2 aromatic rings. The lowest BCUT2D eigenvalue weighted by Crippen LogP contribution is -2.49. The van der Waals surface area contributed by atoms with Crippen molar-refractivity contribution in [2.75, 3.05) is 32.0 Å². The molecule has 2 aromatic heterocycles. The first kappa shape index (κ1) is 19.4. The number of imidazole rings is 1. The molecule has 2 aliphatic carbocycles. The number of piperidine rings is 1. The molecule has 7 nitrogen and oxygen atoms in total. The first-order valence-corrected chi connectivity index (χ1v) is 10.8. The van der Waals surface area contributed by atoms with Crippen LogP contribution >= 0.6 is 0 Å². The third kappa shape index (κ3) is 3.65. The van der Waals surface area contributed by atoms with Crippen LogP contribution in [0.25, 0.3) is 11.3 Å². The van der Waals surface area contributed by atoms with Gasteiger partial charge in [-0.05, 0) is 36.7 Å². The maximum atomic E-state index is 12.7. The molecule has 10 heteroatoms. The zero-order chi connectivity index (χ0) is 21.3. The van der Waals surface area contributed by atoms with E-state index in [9.17, 15) is 13.2 Å². The van der Waals surface area contributed by atoms with Crippen molar-refractivity contribution in [1.29, 1.82) is 0 Å². The number of nitrogens with two attached hydrogens (primary N) is 1. The molecule has 0 spiro atoms. The Labute approximate surface area is 177 Å². The first-order chi connectivity index (χ1) is 14.9. The Balaban J connectivity index is 1.26. The van der Waals surface area contributed by atoms with Gasteiger partial charge >= 0.3 is 6.36 Å². The fraction of sp³-hybridized carbons (Fsp3) is 0.619. The minimum atomic E-state index is -4.83.